The van der Waals surface area contributed by atoms with E-state index in [4.69, 9.17) is 5.73 Å². The second-order valence-electron chi connectivity index (χ2n) is 1.07. The van der Waals surface area contributed by atoms with Gasteiger partial charge in [-0.25, -0.2) is 0 Å². The number of nitrogens with two attached hydrogens (primary N) is 1. The Morgan fingerprint density at radius 2 is 2.00 bits per heavy atom. The molecule has 0 aliphatic heterocycles. The molecule has 0 amide bonds. The fourth-order valence-corrected chi connectivity index (χ4v) is 1.48. The second kappa shape index (κ2) is 6.19. The third-order valence-electron chi connectivity index (χ3n) is 0.367. The smallest absolute Gasteiger partial charge is 0.803 e. The quantitative estimate of drug-likeness (QED) is 0.347. The molecule has 0 aromatic carbocycles. The van der Waals surface area contributed by atoms with E-state index in [1.54, 1.807) is 0 Å². The van der Waals surface area contributed by atoms with Gasteiger partial charge in [-0.3, -0.25) is 0 Å². The van der Waals surface area contributed by atoms with Crippen LogP contribution in [0.25, 0.3) is 0 Å². The minimum absolute atomic E-state index is 0. The normalized spacial score (nSPS) is 10.6. The molecule has 0 unspecified atom stereocenters. The molecule has 0 aliphatic rings. The van der Waals surface area contributed by atoms with Crippen molar-refractivity contribution in [2.24, 2.45) is 5.73 Å². The molecule has 9 heavy (non-hydrogen) atoms. The molecule has 0 bridgehead atoms. The summed E-state index contributed by atoms with van der Waals surface area (Å²) in [5, 5.41) is 0. The van der Waals surface area contributed by atoms with Gasteiger partial charge in [0.1, 0.15) is 0 Å². The van der Waals surface area contributed by atoms with E-state index < -0.39 is 6.80 Å². The Kier molecular flexibility index (Phi) is 8.99. The first kappa shape index (κ1) is 13.1. The topological polar surface area (TPSA) is 89.2 Å². The van der Waals surface area contributed by atoms with Crippen LogP contribution in [0.2, 0.25) is 0 Å². The Morgan fingerprint density at radius 1 is 1.56 bits per heavy atom. The molecule has 0 aromatic rings. The number of hydrogen-bond acceptors (Lipinski definition) is 5. The molecule has 0 aromatic heterocycles. The van der Waals surface area contributed by atoms with Crippen LogP contribution in [0.5, 0.6) is 0 Å². The molecule has 2 N–H and O–H groups in total. The van der Waals surface area contributed by atoms with Gasteiger partial charge in [0.05, 0.1) is 0 Å². The molecule has 0 radical (unpaired) electrons. The van der Waals surface area contributed by atoms with Crippen molar-refractivity contribution in [2.75, 3.05) is 12.3 Å². The van der Waals surface area contributed by atoms with E-state index in [-0.39, 0.29) is 41.9 Å². The molecular formula is C2H6NNaO3PS-. The molecule has 50 valence electrons. The summed E-state index contributed by atoms with van der Waals surface area (Å²) in [7, 11) is 0. The number of hydrogen-bond donors (Lipinski definition) is 1. The molecule has 0 saturated heterocycles. The van der Waals surface area contributed by atoms with Crippen molar-refractivity contribution in [3.8, 4) is 0 Å². The molecule has 0 atom stereocenters. The molecule has 7 heteroatoms. The van der Waals surface area contributed by atoms with Gasteiger partial charge >= 0.3 is 29.6 Å². The van der Waals surface area contributed by atoms with Gasteiger partial charge in [-0.1, -0.05) is 0 Å². The van der Waals surface area contributed by atoms with E-state index in [1.165, 1.54) is 0 Å². The Bertz CT molecular complexity index is 106. The van der Waals surface area contributed by atoms with Crippen molar-refractivity contribution in [2.45, 2.75) is 0 Å². The maximum atomic E-state index is 9.77. The van der Waals surface area contributed by atoms with Crippen LogP contribution < -0.4 is 45.1 Å². The Morgan fingerprint density at radius 3 is 2.11 bits per heavy atom. The molecule has 0 spiro atoms. The van der Waals surface area contributed by atoms with E-state index >= 15 is 0 Å². The summed E-state index contributed by atoms with van der Waals surface area (Å²) in [6.45, 7) is -4.12. The third kappa shape index (κ3) is 12.6. The average Bonchev–Trinajstić information content (AvgIpc) is 1.59. The Balaban J connectivity index is 0. The predicted octanol–water partition coefficient (Wildman–Crippen LogP) is -4.49. The molecule has 0 rings (SSSR count). The summed E-state index contributed by atoms with van der Waals surface area (Å²) >= 11 is 0.353. The first-order chi connectivity index (χ1) is 3.56. The van der Waals surface area contributed by atoms with E-state index in [9.17, 15) is 14.4 Å². The van der Waals surface area contributed by atoms with E-state index in [0.29, 0.717) is 11.4 Å². The maximum Gasteiger partial charge on any atom is 1.00 e. The first-order valence-corrected chi connectivity index (χ1v) is 5.06. The van der Waals surface area contributed by atoms with Gasteiger partial charge in [-0.2, -0.15) is 0 Å². The van der Waals surface area contributed by atoms with Crippen molar-refractivity contribution in [3.05, 3.63) is 0 Å². The van der Waals surface area contributed by atoms with Gasteiger partial charge in [-0.05, 0) is 6.80 Å². The van der Waals surface area contributed by atoms with Gasteiger partial charge in [0.2, 0.25) is 0 Å². The third-order valence-corrected chi connectivity index (χ3v) is 2.60. The Labute approximate surface area is 79.8 Å². The molecule has 0 aliphatic carbocycles. The van der Waals surface area contributed by atoms with Crippen molar-refractivity contribution >= 4 is 18.2 Å². The monoisotopic (exact) mass is 178 g/mol. The van der Waals surface area contributed by atoms with Crippen LogP contribution in [0, 0.1) is 0 Å². The van der Waals surface area contributed by atoms with Gasteiger partial charge < -0.3 is 20.1 Å². The van der Waals surface area contributed by atoms with Gasteiger partial charge in [0, 0.05) is 12.3 Å². The average molecular weight is 178 g/mol. The molecule has 4 nitrogen and oxygen atoms in total. The van der Waals surface area contributed by atoms with Crippen LogP contribution >= 0.6 is 18.2 Å². The summed E-state index contributed by atoms with van der Waals surface area (Å²) in [5.41, 5.74) is 4.92. The van der Waals surface area contributed by atoms with Crippen LogP contribution in [0.15, 0.2) is 0 Å². The van der Waals surface area contributed by atoms with Crippen molar-refractivity contribution in [1.82, 2.24) is 0 Å². The summed E-state index contributed by atoms with van der Waals surface area (Å²) in [6.07, 6.45) is 0. The Hall–Kier alpha value is 1.46. The number of rotatable bonds is 3. The van der Waals surface area contributed by atoms with Crippen LogP contribution in [0.3, 0.4) is 0 Å². The predicted molar refractivity (Wildman–Crippen MR) is 29.1 cm³/mol. The maximum absolute atomic E-state index is 9.77. The van der Waals surface area contributed by atoms with Crippen LogP contribution in [-0.2, 0) is 4.57 Å². The minimum atomic E-state index is -4.35. The SMILES string of the molecule is NCCSP(=O)([O-])[O-].[Na+]. The van der Waals surface area contributed by atoms with Gasteiger partial charge in [0.25, 0.3) is 0 Å². The van der Waals surface area contributed by atoms with Crippen LogP contribution in [-0.4, -0.2) is 12.3 Å². The summed E-state index contributed by atoms with van der Waals surface area (Å²) < 4.78 is 9.77. The van der Waals surface area contributed by atoms with E-state index in [1.807, 2.05) is 0 Å². The first-order valence-electron chi connectivity index (χ1n) is 1.93. The molecular weight excluding hydrogens is 172 g/mol. The molecule has 0 saturated carbocycles. The van der Waals surface area contributed by atoms with Gasteiger partial charge in [-0.15, -0.1) is 11.4 Å². The van der Waals surface area contributed by atoms with Crippen molar-refractivity contribution in [3.63, 3.8) is 0 Å². The zero-order chi connectivity index (χ0) is 6.62. The molecule has 0 heterocycles. The fraction of sp³-hybridized carbons (Fsp3) is 1.00. The van der Waals surface area contributed by atoms with Crippen LogP contribution in [0.4, 0.5) is 0 Å². The zero-order valence-electron chi connectivity index (χ0n) is 5.07. The fourth-order valence-electron chi connectivity index (χ4n) is 0.165. The van der Waals surface area contributed by atoms with E-state index in [2.05, 4.69) is 0 Å². The summed E-state index contributed by atoms with van der Waals surface area (Å²) in [5.74, 6) is 0.185. The minimum Gasteiger partial charge on any atom is -0.803 e. The van der Waals surface area contributed by atoms with Crippen LogP contribution in [0.1, 0.15) is 0 Å². The second-order valence-corrected chi connectivity index (χ2v) is 4.75. The van der Waals surface area contributed by atoms with Crippen molar-refractivity contribution in [1.29, 1.82) is 0 Å². The van der Waals surface area contributed by atoms with E-state index in [0.717, 1.165) is 0 Å². The summed E-state index contributed by atoms with van der Waals surface area (Å²) in [6, 6.07) is 0. The van der Waals surface area contributed by atoms with Gasteiger partial charge in [0.15, 0.2) is 0 Å². The zero-order valence-corrected chi connectivity index (χ0v) is 8.78. The summed E-state index contributed by atoms with van der Waals surface area (Å²) in [4.78, 5) is 19.5. The van der Waals surface area contributed by atoms with Crippen molar-refractivity contribution < 1.29 is 43.9 Å². The molecule has 0 fully saturated rings. The largest absolute Gasteiger partial charge is 1.00 e. The standard InChI is InChI=1S/C2H8NO3PS.Na/c3-1-2-8-7(4,5)6;/h1-3H2,(H2,4,5,6);/q;+1/p-2.